The predicted octanol–water partition coefficient (Wildman–Crippen LogP) is 0.355. The molecule has 0 saturated heterocycles. The highest BCUT2D eigenvalue weighted by Gasteiger charge is 2.16. The third-order valence-electron chi connectivity index (χ3n) is 2.75. The Kier molecular flexibility index (Phi) is 5.09. The van der Waals surface area contributed by atoms with Crippen molar-refractivity contribution in [1.29, 1.82) is 0 Å². The van der Waals surface area contributed by atoms with Crippen LogP contribution in [-0.2, 0) is 6.54 Å². The van der Waals surface area contributed by atoms with Crippen molar-refractivity contribution in [2.45, 2.75) is 26.8 Å². The van der Waals surface area contributed by atoms with Gasteiger partial charge in [0, 0.05) is 20.1 Å². The van der Waals surface area contributed by atoms with E-state index < -0.39 is 0 Å². The molecular weight excluding hydrogens is 218 g/mol. The number of hydrogen-bond acceptors (Lipinski definition) is 4. The van der Waals surface area contributed by atoms with Crippen LogP contribution in [0.2, 0.25) is 0 Å². The Labute approximate surface area is 102 Å². The molecule has 0 bridgehead atoms. The minimum atomic E-state index is -0.0893. The molecule has 0 spiro atoms. The fraction of sp³-hybridized carbons (Fsp3) is 0.727. The third kappa shape index (κ3) is 3.81. The molecule has 0 aliphatic carbocycles. The molecule has 6 nitrogen and oxygen atoms in total. The van der Waals surface area contributed by atoms with Gasteiger partial charge in [0.05, 0.1) is 12.7 Å². The molecule has 0 fully saturated rings. The second-order valence-electron chi connectivity index (χ2n) is 4.35. The van der Waals surface area contributed by atoms with Crippen molar-refractivity contribution >= 4 is 5.91 Å². The highest BCUT2D eigenvalue weighted by molar-refractivity contribution is 5.91. The topological polar surface area (TPSA) is 77.0 Å². The summed E-state index contributed by atoms with van der Waals surface area (Å²) in [6, 6.07) is 0. The van der Waals surface area contributed by atoms with Gasteiger partial charge in [-0.1, -0.05) is 25.5 Å². The van der Waals surface area contributed by atoms with Crippen LogP contribution in [0.25, 0.3) is 0 Å². The Morgan fingerprint density at radius 1 is 1.65 bits per heavy atom. The first-order valence-electron chi connectivity index (χ1n) is 5.94. The molecule has 0 radical (unpaired) electrons. The molecule has 0 aliphatic rings. The first kappa shape index (κ1) is 13.6. The van der Waals surface area contributed by atoms with Crippen LogP contribution in [0.15, 0.2) is 6.20 Å². The molecule has 1 aromatic heterocycles. The number of aromatic nitrogens is 3. The Morgan fingerprint density at radius 3 is 2.94 bits per heavy atom. The molecule has 1 aromatic rings. The second kappa shape index (κ2) is 6.34. The maximum absolute atomic E-state index is 12.0. The monoisotopic (exact) mass is 239 g/mol. The van der Waals surface area contributed by atoms with E-state index in [1.54, 1.807) is 22.8 Å². The fourth-order valence-electron chi connectivity index (χ4n) is 1.51. The van der Waals surface area contributed by atoms with Crippen LogP contribution in [-0.4, -0.2) is 45.9 Å². The van der Waals surface area contributed by atoms with Gasteiger partial charge in [-0.3, -0.25) is 9.48 Å². The summed E-state index contributed by atoms with van der Waals surface area (Å²) in [5.74, 6) is 0.400. The zero-order valence-electron chi connectivity index (χ0n) is 10.8. The molecule has 1 heterocycles. The van der Waals surface area contributed by atoms with Crippen molar-refractivity contribution in [3.8, 4) is 0 Å². The average molecular weight is 239 g/mol. The van der Waals surface area contributed by atoms with Crippen molar-refractivity contribution in [2.24, 2.45) is 11.7 Å². The SMILES string of the molecule is CCC(C)CN(C)C(=O)c1cn(CCN)nn1. The summed E-state index contributed by atoms with van der Waals surface area (Å²) in [5.41, 5.74) is 5.78. The molecule has 1 unspecified atom stereocenters. The number of carbonyl (C=O) groups is 1. The molecule has 17 heavy (non-hydrogen) atoms. The summed E-state index contributed by atoms with van der Waals surface area (Å²) < 4.78 is 1.59. The number of hydrogen-bond donors (Lipinski definition) is 1. The lowest BCUT2D eigenvalue weighted by Crippen LogP contribution is -2.31. The van der Waals surface area contributed by atoms with Crippen molar-refractivity contribution in [1.82, 2.24) is 19.9 Å². The van der Waals surface area contributed by atoms with E-state index in [1.165, 1.54) is 0 Å². The average Bonchev–Trinajstić information content (AvgIpc) is 2.76. The standard InChI is InChI=1S/C11H21N5O/c1-4-9(2)7-15(3)11(17)10-8-16(6-5-12)14-13-10/h8-9H,4-7,12H2,1-3H3. The molecule has 6 heteroatoms. The van der Waals surface area contributed by atoms with E-state index in [2.05, 4.69) is 24.2 Å². The van der Waals surface area contributed by atoms with Crippen LogP contribution < -0.4 is 5.73 Å². The zero-order chi connectivity index (χ0) is 12.8. The summed E-state index contributed by atoms with van der Waals surface area (Å²) in [6.07, 6.45) is 2.69. The highest BCUT2D eigenvalue weighted by atomic mass is 16.2. The maximum atomic E-state index is 12.0. The normalized spacial score (nSPS) is 12.5. The first-order chi connectivity index (χ1) is 8.08. The van der Waals surface area contributed by atoms with Crippen molar-refractivity contribution in [3.63, 3.8) is 0 Å². The van der Waals surface area contributed by atoms with Gasteiger partial charge in [-0.05, 0) is 5.92 Å². The van der Waals surface area contributed by atoms with E-state index in [0.717, 1.165) is 13.0 Å². The van der Waals surface area contributed by atoms with Crippen molar-refractivity contribution in [3.05, 3.63) is 11.9 Å². The van der Waals surface area contributed by atoms with Crippen LogP contribution >= 0.6 is 0 Å². The summed E-state index contributed by atoms with van der Waals surface area (Å²) in [5, 5.41) is 7.70. The Balaban J connectivity index is 2.61. The van der Waals surface area contributed by atoms with Gasteiger partial charge in [0.1, 0.15) is 0 Å². The molecule has 0 aliphatic heterocycles. The molecule has 0 saturated carbocycles. The fourth-order valence-corrected chi connectivity index (χ4v) is 1.51. The predicted molar refractivity (Wildman–Crippen MR) is 65.5 cm³/mol. The second-order valence-corrected chi connectivity index (χ2v) is 4.35. The van der Waals surface area contributed by atoms with Gasteiger partial charge >= 0.3 is 0 Å². The van der Waals surface area contributed by atoms with Crippen LogP contribution in [0.4, 0.5) is 0 Å². The Morgan fingerprint density at radius 2 is 2.35 bits per heavy atom. The van der Waals surface area contributed by atoms with Crippen LogP contribution in [0.3, 0.4) is 0 Å². The molecule has 1 amide bonds. The highest BCUT2D eigenvalue weighted by Crippen LogP contribution is 2.06. The van der Waals surface area contributed by atoms with Gasteiger partial charge in [-0.15, -0.1) is 5.10 Å². The van der Waals surface area contributed by atoms with Gasteiger partial charge in [-0.2, -0.15) is 0 Å². The summed E-state index contributed by atoms with van der Waals surface area (Å²) >= 11 is 0. The van der Waals surface area contributed by atoms with E-state index >= 15 is 0 Å². The smallest absolute Gasteiger partial charge is 0.275 e. The van der Waals surface area contributed by atoms with Crippen molar-refractivity contribution < 1.29 is 4.79 Å². The maximum Gasteiger partial charge on any atom is 0.275 e. The summed E-state index contributed by atoms with van der Waals surface area (Å²) in [4.78, 5) is 13.7. The lowest BCUT2D eigenvalue weighted by molar-refractivity contribution is 0.0769. The number of amides is 1. The van der Waals surface area contributed by atoms with Gasteiger partial charge in [0.25, 0.3) is 5.91 Å². The van der Waals surface area contributed by atoms with Gasteiger partial charge in [-0.25, -0.2) is 0 Å². The summed E-state index contributed by atoms with van der Waals surface area (Å²) in [6.45, 7) is 6.03. The largest absolute Gasteiger partial charge is 0.340 e. The molecule has 2 N–H and O–H groups in total. The number of rotatable bonds is 6. The molecule has 1 atom stereocenters. The molecule has 0 aromatic carbocycles. The lowest BCUT2D eigenvalue weighted by Gasteiger charge is -2.19. The van der Waals surface area contributed by atoms with Gasteiger partial charge in [0.15, 0.2) is 5.69 Å². The van der Waals surface area contributed by atoms with E-state index in [0.29, 0.717) is 24.7 Å². The molecular formula is C11H21N5O. The Hall–Kier alpha value is -1.43. The van der Waals surface area contributed by atoms with Gasteiger partial charge in [0.2, 0.25) is 0 Å². The van der Waals surface area contributed by atoms with Crippen LogP contribution in [0.1, 0.15) is 30.8 Å². The van der Waals surface area contributed by atoms with E-state index in [9.17, 15) is 4.79 Å². The third-order valence-corrected chi connectivity index (χ3v) is 2.75. The molecule has 1 rings (SSSR count). The van der Waals surface area contributed by atoms with E-state index in [1.807, 2.05) is 0 Å². The minimum Gasteiger partial charge on any atom is -0.340 e. The number of nitrogens with zero attached hydrogens (tertiary/aromatic N) is 4. The summed E-state index contributed by atoms with van der Waals surface area (Å²) in [7, 11) is 1.79. The molecule has 96 valence electrons. The van der Waals surface area contributed by atoms with E-state index in [-0.39, 0.29) is 5.91 Å². The zero-order valence-corrected chi connectivity index (χ0v) is 10.8. The first-order valence-corrected chi connectivity index (χ1v) is 5.94. The lowest BCUT2D eigenvalue weighted by atomic mass is 10.1. The minimum absolute atomic E-state index is 0.0893. The van der Waals surface area contributed by atoms with E-state index in [4.69, 9.17) is 5.73 Å². The number of carbonyl (C=O) groups excluding carboxylic acids is 1. The quantitative estimate of drug-likeness (QED) is 0.777. The number of nitrogens with two attached hydrogens (primary N) is 1. The Bertz CT molecular complexity index is 362. The van der Waals surface area contributed by atoms with Crippen LogP contribution in [0, 0.1) is 5.92 Å². The van der Waals surface area contributed by atoms with Crippen LogP contribution in [0.5, 0.6) is 0 Å². The van der Waals surface area contributed by atoms with Crippen molar-refractivity contribution in [2.75, 3.05) is 20.1 Å². The van der Waals surface area contributed by atoms with Gasteiger partial charge < -0.3 is 10.6 Å².